The van der Waals surface area contributed by atoms with E-state index in [1.165, 1.54) is 32.1 Å². The Balaban J connectivity index is 0. The topological polar surface area (TPSA) is 0 Å². The van der Waals surface area contributed by atoms with E-state index in [-0.39, 0.29) is 29.6 Å². The van der Waals surface area contributed by atoms with E-state index >= 15 is 0 Å². The van der Waals surface area contributed by atoms with E-state index in [9.17, 15) is 0 Å². The number of hydrogen-bond donors (Lipinski definition) is 0. The normalized spacial score (nSPS) is 8.25. The summed E-state index contributed by atoms with van der Waals surface area (Å²) in [6.45, 7) is 4.49. The van der Waals surface area contributed by atoms with Gasteiger partial charge in [0.05, 0.1) is 0 Å². The summed E-state index contributed by atoms with van der Waals surface area (Å²) < 4.78 is 0. The maximum Gasteiger partial charge on any atom is 0 e. The Morgan fingerprint density at radius 1 is 0.750 bits per heavy atom. The van der Waals surface area contributed by atoms with Crippen molar-refractivity contribution >= 4 is 29.6 Å². The molecule has 0 heterocycles. The molecule has 0 saturated carbocycles. The Labute approximate surface area is 75.3 Å². The summed E-state index contributed by atoms with van der Waals surface area (Å²) >= 11 is 0. The van der Waals surface area contributed by atoms with E-state index in [0.717, 1.165) is 0 Å². The second kappa shape index (κ2) is 10.9. The van der Waals surface area contributed by atoms with Gasteiger partial charge in [-0.25, -0.2) is 0 Å². The van der Waals surface area contributed by atoms with Crippen molar-refractivity contribution in [2.45, 2.75) is 46.0 Å². The van der Waals surface area contributed by atoms with Gasteiger partial charge in [0.2, 0.25) is 0 Å². The van der Waals surface area contributed by atoms with Gasteiger partial charge < -0.3 is 0 Å². The first-order chi connectivity index (χ1) is 3.41. The van der Waals surface area contributed by atoms with Crippen LogP contribution in [0.2, 0.25) is 0 Å². The fraction of sp³-hybridized carbons (Fsp3) is 1.00. The van der Waals surface area contributed by atoms with Gasteiger partial charge in [-0.05, 0) is 0 Å². The molecular formula is C7H16Na. The molecule has 1 radical (unpaired) electrons. The van der Waals surface area contributed by atoms with Crippen LogP contribution in [-0.2, 0) is 0 Å². The van der Waals surface area contributed by atoms with Crippen molar-refractivity contribution in [2.24, 2.45) is 0 Å². The van der Waals surface area contributed by atoms with Crippen LogP contribution >= 0.6 is 0 Å². The van der Waals surface area contributed by atoms with Crippen LogP contribution in [0.15, 0.2) is 0 Å². The number of hydrogen-bond acceptors (Lipinski definition) is 0. The molecule has 45 valence electrons. The zero-order valence-electron chi connectivity index (χ0n) is 6.54. The molecule has 0 aliphatic carbocycles. The molecule has 0 amide bonds. The SMILES string of the molecule is CCCCCCC.[Na]. The Bertz CT molecular complexity index is 23.6. The van der Waals surface area contributed by atoms with Gasteiger partial charge in [-0.1, -0.05) is 46.0 Å². The van der Waals surface area contributed by atoms with Crippen LogP contribution < -0.4 is 0 Å². The smallest absolute Gasteiger partial charge is 0 e. The third-order valence-electron chi connectivity index (χ3n) is 1.21. The van der Waals surface area contributed by atoms with E-state index < -0.39 is 0 Å². The van der Waals surface area contributed by atoms with Crippen LogP contribution in [0.25, 0.3) is 0 Å². The first-order valence-electron chi connectivity index (χ1n) is 3.41. The zero-order valence-corrected chi connectivity index (χ0v) is 8.54. The molecular weight excluding hydrogens is 107 g/mol. The summed E-state index contributed by atoms with van der Waals surface area (Å²) in [5, 5.41) is 0. The van der Waals surface area contributed by atoms with Crippen molar-refractivity contribution in [3.05, 3.63) is 0 Å². The Hall–Kier alpha value is 1.00. The van der Waals surface area contributed by atoms with Gasteiger partial charge in [-0.3, -0.25) is 0 Å². The van der Waals surface area contributed by atoms with Crippen molar-refractivity contribution < 1.29 is 0 Å². The minimum Gasteiger partial charge on any atom is -0.0654 e. The third-order valence-corrected chi connectivity index (χ3v) is 1.21. The summed E-state index contributed by atoms with van der Waals surface area (Å²) in [6, 6.07) is 0. The molecule has 0 nitrogen and oxygen atoms in total. The second-order valence-corrected chi connectivity index (χ2v) is 2.06. The average Bonchev–Trinajstić information content (AvgIpc) is 1.69. The standard InChI is InChI=1S/C7H16.Na/c1-3-5-7-6-4-2;/h3-7H2,1-2H3;. The van der Waals surface area contributed by atoms with Crippen LogP contribution in [0, 0.1) is 0 Å². The fourth-order valence-electron chi connectivity index (χ4n) is 0.677. The van der Waals surface area contributed by atoms with E-state index in [1.54, 1.807) is 0 Å². The van der Waals surface area contributed by atoms with Crippen molar-refractivity contribution in [1.82, 2.24) is 0 Å². The summed E-state index contributed by atoms with van der Waals surface area (Å²) in [7, 11) is 0. The summed E-state index contributed by atoms with van der Waals surface area (Å²) in [5.41, 5.74) is 0. The van der Waals surface area contributed by atoms with Crippen molar-refractivity contribution in [3.8, 4) is 0 Å². The Morgan fingerprint density at radius 2 is 1.12 bits per heavy atom. The van der Waals surface area contributed by atoms with Gasteiger partial charge in [0.1, 0.15) is 0 Å². The molecule has 0 atom stereocenters. The van der Waals surface area contributed by atoms with Crippen molar-refractivity contribution in [1.29, 1.82) is 0 Å². The maximum absolute atomic E-state index is 2.25. The van der Waals surface area contributed by atoms with Gasteiger partial charge >= 0.3 is 0 Å². The van der Waals surface area contributed by atoms with E-state index in [4.69, 9.17) is 0 Å². The van der Waals surface area contributed by atoms with Crippen LogP contribution in [0.5, 0.6) is 0 Å². The molecule has 8 heavy (non-hydrogen) atoms. The zero-order chi connectivity index (χ0) is 5.54. The first kappa shape index (κ1) is 11.8. The molecule has 0 spiro atoms. The number of unbranched alkanes of at least 4 members (excludes halogenated alkanes) is 4. The Kier molecular flexibility index (Phi) is 16.0. The Morgan fingerprint density at radius 3 is 1.38 bits per heavy atom. The molecule has 0 bridgehead atoms. The summed E-state index contributed by atoms with van der Waals surface area (Å²) in [4.78, 5) is 0. The maximum atomic E-state index is 2.25. The van der Waals surface area contributed by atoms with Gasteiger partial charge in [0, 0.05) is 29.6 Å². The molecule has 0 aliphatic heterocycles. The fourth-order valence-corrected chi connectivity index (χ4v) is 0.677. The molecule has 0 aromatic carbocycles. The molecule has 0 fully saturated rings. The van der Waals surface area contributed by atoms with E-state index in [0.29, 0.717) is 0 Å². The molecule has 0 aromatic heterocycles. The third kappa shape index (κ3) is 10.1. The van der Waals surface area contributed by atoms with Crippen molar-refractivity contribution in [2.75, 3.05) is 0 Å². The van der Waals surface area contributed by atoms with Gasteiger partial charge in [-0.15, -0.1) is 0 Å². The minimum absolute atomic E-state index is 0. The monoisotopic (exact) mass is 123 g/mol. The first-order valence-corrected chi connectivity index (χ1v) is 3.41. The molecule has 1 heteroatoms. The van der Waals surface area contributed by atoms with Crippen molar-refractivity contribution in [3.63, 3.8) is 0 Å². The quantitative estimate of drug-likeness (QED) is 0.398. The summed E-state index contributed by atoms with van der Waals surface area (Å²) in [6.07, 6.45) is 7.01. The minimum atomic E-state index is 0. The van der Waals surface area contributed by atoms with Gasteiger partial charge in [-0.2, -0.15) is 0 Å². The van der Waals surface area contributed by atoms with Crippen LogP contribution in [-0.4, -0.2) is 29.6 Å². The van der Waals surface area contributed by atoms with Crippen LogP contribution in [0.4, 0.5) is 0 Å². The molecule has 0 saturated heterocycles. The van der Waals surface area contributed by atoms with Crippen LogP contribution in [0.3, 0.4) is 0 Å². The second-order valence-electron chi connectivity index (χ2n) is 2.06. The van der Waals surface area contributed by atoms with Gasteiger partial charge in [0.15, 0.2) is 0 Å². The van der Waals surface area contributed by atoms with E-state index in [2.05, 4.69) is 13.8 Å². The number of rotatable bonds is 4. The average molecular weight is 123 g/mol. The molecule has 0 N–H and O–H groups in total. The molecule has 0 aliphatic rings. The van der Waals surface area contributed by atoms with Crippen LogP contribution in [0.1, 0.15) is 46.0 Å². The predicted molar refractivity (Wildman–Crippen MR) is 40.2 cm³/mol. The van der Waals surface area contributed by atoms with E-state index in [1.807, 2.05) is 0 Å². The predicted octanol–water partition coefficient (Wildman–Crippen LogP) is 2.60. The van der Waals surface area contributed by atoms with Gasteiger partial charge in [0.25, 0.3) is 0 Å². The molecule has 0 aromatic rings. The molecule has 0 rings (SSSR count). The molecule has 0 unspecified atom stereocenters. The summed E-state index contributed by atoms with van der Waals surface area (Å²) in [5.74, 6) is 0. The largest absolute Gasteiger partial charge is 0.0654 e.